The van der Waals surface area contributed by atoms with Gasteiger partial charge in [-0.25, -0.2) is 4.57 Å². The summed E-state index contributed by atoms with van der Waals surface area (Å²) in [4.78, 5) is 183. The lowest BCUT2D eigenvalue weighted by atomic mass is 9.88. The van der Waals surface area contributed by atoms with E-state index in [4.69, 9.17) is 9.05 Å². The minimum atomic E-state index is -5.34. The van der Waals surface area contributed by atoms with Gasteiger partial charge < -0.3 is 73.6 Å². The van der Waals surface area contributed by atoms with Gasteiger partial charge in [0.2, 0.25) is 70.9 Å². The highest BCUT2D eigenvalue weighted by Crippen LogP contribution is 2.51. The number of unbranched alkanes of at least 4 members (excludes halogenated alkanes) is 1. The molecule has 1 aliphatic carbocycles. The zero-order valence-corrected chi connectivity index (χ0v) is 55.9. The number of nitrogens with one attached hydrogen (secondary N) is 12. The largest absolute Gasteiger partial charge is 0.472 e. The number of fused-ring (bicyclic) bond motifs is 1. The van der Waals surface area contributed by atoms with Crippen LogP contribution in [0.3, 0.4) is 0 Å². The second-order valence-electron chi connectivity index (χ2n) is 23.1. The zero-order chi connectivity index (χ0) is 70.1. The fourth-order valence-electron chi connectivity index (χ4n) is 9.36. The molecular weight excluding hydrogens is 1250 g/mol. The summed E-state index contributed by atoms with van der Waals surface area (Å²) in [5.41, 5.74) is 0.0109. The number of hydrogen-bond acceptors (Lipinski definition) is 16. The van der Waals surface area contributed by atoms with Gasteiger partial charge in [0.25, 0.3) is 5.91 Å². The maximum Gasteiger partial charge on any atom is 0.472 e. The number of phosphoric ester groups is 1. The highest BCUT2D eigenvalue weighted by Gasteiger charge is 2.45. The van der Waals surface area contributed by atoms with E-state index in [1.807, 2.05) is 42.5 Å². The summed E-state index contributed by atoms with van der Waals surface area (Å²) in [6.07, 6.45) is 1.88. The smallest absolute Gasteiger partial charge is 0.353 e. The van der Waals surface area contributed by atoms with Crippen molar-refractivity contribution in [3.8, 4) is 0 Å². The first-order valence-electron chi connectivity index (χ1n) is 31.6. The highest BCUT2D eigenvalue weighted by molar-refractivity contribution is 7.47. The van der Waals surface area contributed by atoms with Crippen LogP contribution >= 0.6 is 7.82 Å². The van der Waals surface area contributed by atoms with Crippen molar-refractivity contribution in [1.29, 1.82) is 0 Å². The number of benzene rings is 3. The lowest BCUT2D eigenvalue weighted by Gasteiger charge is -2.34. The molecule has 0 saturated heterocycles. The number of hydrogen-bond donors (Lipinski definition) is 13. The van der Waals surface area contributed by atoms with E-state index in [0.717, 1.165) is 30.4 Å². The van der Waals surface area contributed by atoms with Crippen molar-refractivity contribution >= 4 is 84.6 Å². The van der Waals surface area contributed by atoms with E-state index in [2.05, 4.69) is 70.7 Å². The summed E-state index contributed by atoms with van der Waals surface area (Å²) >= 11 is 0. The van der Waals surface area contributed by atoms with Gasteiger partial charge in [0.15, 0.2) is 0 Å². The van der Waals surface area contributed by atoms with Gasteiger partial charge in [0, 0.05) is 83.5 Å². The van der Waals surface area contributed by atoms with Crippen molar-refractivity contribution in [2.45, 2.75) is 125 Å². The highest BCUT2D eigenvalue weighted by atomic mass is 31.2. The molecule has 30 nitrogen and oxygen atoms in total. The fourth-order valence-corrected chi connectivity index (χ4v) is 10.3. The van der Waals surface area contributed by atoms with E-state index < -0.39 is 166 Å². The summed E-state index contributed by atoms with van der Waals surface area (Å²) < 4.78 is 26.1. The van der Waals surface area contributed by atoms with Crippen LogP contribution in [-0.2, 0) is 90.5 Å². The molecule has 3 aromatic rings. The van der Waals surface area contributed by atoms with E-state index in [1.54, 1.807) is 69.0 Å². The molecule has 0 fully saturated rings. The Morgan fingerprint density at radius 2 is 0.968 bits per heavy atom. The van der Waals surface area contributed by atoms with Crippen molar-refractivity contribution < 1.29 is 80.8 Å². The molecule has 13 amide bonds. The van der Waals surface area contributed by atoms with Crippen LogP contribution in [-0.4, -0.2) is 177 Å². The van der Waals surface area contributed by atoms with Crippen molar-refractivity contribution in [2.24, 2.45) is 10.8 Å². The Hall–Kier alpha value is -9.12. The molecule has 520 valence electrons. The fraction of sp³-hybridized carbons (Fsp3) is 0.516. The number of phosphoric acid groups is 1. The number of nitrogens with zero attached hydrogens (tertiary/aromatic N) is 1. The van der Waals surface area contributed by atoms with Crippen LogP contribution in [0, 0.1) is 10.8 Å². The molecule has 4 unspecified atom stereocenters. The van der Waals surface area contributed by atoms with Crippen molar-refractivity contribution in [2.75, 3.05) is 78.6 Å². The Bertz CT molecular complexity index is 3140. The first-order valence-corrected chi connectivity index (χ1v) is 33.1. The van der Waals surface area contributed by atoms with Crippen LogP contribution in [0.1, 0.15) is 126 Å². The molecule has 0 aliphatic heterocycles. The number of rotatable bonds is 41. The Morgan fingerprint density at radius 1 is 0.526 bits per heavy atom. The van der Waals surface area contributed by atoms with Gasteiger partial charge in [-0.15, -0.1) is 0 Å². The van der Waals surface area contributed by atoms with Crippen LogP contribution < -0.4 is 63.8 Å². The first kappa shape index (κ1) is 78.3. The quantitative estimate of drug-likeness (QED) is 0.0260. The monoisotopic (exact) mass is 1350 g/mol. The molecule has 0 bridgehead atoms. The van der Waals surface area contributed by atoms with Gasteiger partial charge in [-0.2, -0.15) is 0 Å². The van der Waals surface area contributed by atoms with E-state index >= 15 is 0 Å². The lowest BCUT2D eigenvalue weighted by molar-refractivity contribution is -0.136. The summed E-state index contributed by atoms with van der Waals surface area (Å²) in [7, 11) is -5.34. The number of amides is 13. The van der Waals surface area contributed by atoms with E-state index in [-0.39, 0.29) is 64.8 Å². The van der Waals surface area contributed by atoms with Gasteiger partial charge in [0.1, 0.15) is 6.04 Å². The predicted molar refractivity (Wildman–Crippen MR) is 347 cm³/mol. The number of aryl methyl sites for hydroxylation is 1. The Morgan fingerprint density at radius 3 is 1.45 bits per heavy atom. The Kier molecular flexibility index (Phi) is 32.6. The average Bonchev–Trinajstić information content (AvgIpc) is 1.66. The maximum atomic E-state index is 14.8. The summed E-state index contributed by atoms with van der Waals surface area (Å²) in [5, 5.41) is 29.7. The van der Waals surface area contributed by atoms with Crippen molar-refractivity contribution in [3.63, 3.8) is 0 Å². The number of carbonyl (C=O) groups is 13. The zero-order valence-electron chi connectivity index (χ0n) is 55.0. The second-order valence-corrected chi connectivity index (χ2v) is 24.5. The Labute approximate surface area is 552 Å². The average molecular weight is 1350 g/mol. The molecule has 0 radical (unpaired) electrons. The molecule has 31 heteroatoms. The van der Waals surface area contributed by atoms with E-state index in [9.17, 15) is 71.8 Å². The molecule has 13 N–H and O–H groups in total. The molecule has 0 heterocycles. The lowest BCUT2D eigenvalue weighted by Crippen LogP contribution is -2.59. The second kappa shape index (κ2) is 39.6. The molecule has 4 rings (SSSR count). The molecule has 1 aliphatic rings. The van der Waals surface area contributed by atoms with E-state index in [0.29, 0.717) is 16.7 Å². The van der Waals surface area contributed by atoms with Crippen LogP contribution in [0.2, 0.25) is 0 Å². The molecule has 0 saturated carbocycles. The van der Waals surface area contributed by atoms with Gasteiger partial charge >= 0.3 is 7.82 Å². The van der Waals surface area contributed by atoms with E-state index in [1.165, 1.54) is 13.8 Å². The van der Waals surface area contributed by atoms with Gasteiger partial charge in [-0.1, -0.05) is 108 Å². The third-order valence-electron chi connectivity index (χ3n) is 15.3. The first-order chi connectivity index (χ1) is 45.2. The van der Waals surface area contributed by atoms with Gasteiger partial charge in [-0.05, 0) is 61.1 Å². The predicted octanol–water partition coefficient (Wildman–Crippen LogP) is -0.113. The summed E-state index contributed by atoms with van der Waals surface area (Å²) in [6, 6.07) is 20.6. The topological polar surface area (TPSA) is 425 Å². The van der Waals surface area contributed by atoms with Crippen LogP contribution in [0.5, 0.6) is 0 Å². The van der Waals surface area contributed by atoms with Gasteiger partial charge in [-0.3, -0.25) is 71.4 Å². The summed E-state index contributed by atoms with van der Waals surface area (Å²) in [6.45, 7) is 5.02. The Balaban J connectivity index is 1.60. The summed E-state index contributed by atoms with van der Waals surface area (Å²) in [5.74, 6) is -8.62. The van der Waals surface area contributed by atoms with Crippen LogP contribution in [0.4, 0.5) is 0 Å². The van der Waals surface area contributed by atoms with Crippen LogP contribution in [0.15, 0.2) is 78.9 Å². The molecule has 95 heavy (non-hydrogen) atoms. The van der Waals surface area contributed by atoms with Gasteiger partial charge in [0.05, 0.1) is 62.3 Å². The molecule has 0 aromatic heterocycles. The molecule has 0 spiro atoms. The number of carbonyl (C=O) groups excluding carboxylic acids is 13. The third-order valence-corrected chi connectivity index (χ3v) is 16.3. The molecule has 3 aromatic carbocycles. The normalized spacial score (nSPS) is 14.1. The van der Waals surface area contributed by atoms with Crippen molar-refractivity contribution in [1.82, 2.24) is 68.7 Å². The maximum absolute atomic E-state index is 14.8. The molecule has 4 atom stereocenters. The third kappa shape index (κ3) is 27.0. The minimum Gasteiger partial charge on any atom is -0.353 e. The molecular formula is C64H92N13O17P. The standard InChI is InChI=1S/C64H92N13O17P/c1-8-13-19-42-24-26-44(27-25-42)60(88)77(36-43-20-15-14-16-21-43)58-46-23-18-17-22-45(46)30-48(58)94-95(91,92)93-37-47(76-62(90)64(7,40-74-56(85)33-69-51(80)11-4)41-75-57(86)34-70-52(81)12-5)59(87)66-29-28-65-53(82)35-71-61(89)63(6,38-72-54(83)31-67-49(78)9-2)39-73-55(84)32-68-50(79)10-3/h14-18,20-27,47-48,58H,8-13,19,28-41H2,1-7H3,(H,65,82)(H,66,87)(H,67,78)(H,68,79)(H,69,80)(H,70,81)(H,71,89)(H,72,83)(H,73,84)(H,74,85)(H,75,86)(H,76,90)(H,91,92). The van der Waals surface area contributed by atoms with Crippen molar-refractivity contribution in [3.05, 3.63) is 107 Å². The SMILES string of the molecule is CCCCc1ccc(C(=O)N(Cc2ccccc2)C2c3ccccc3CC2OP(=O)(O)OCC(NC(=O)C(C)(CNC(=O)CNC(=O)CC)CNC(=O)CNC(=O)CC)C(=O)NCCNC(=O)CNC(=O)C(C)(CNC(=O)CNC(=O)CC)CNC(=O)CNC(=O)CC)cc1. The minimum absolute atomic E-state index is 0.0253. The van der Waals surface area contributed by atoms with Crippen LogP contribution in [0.25, 0.3) is 0 Å².